The molecular formula is C23H29NO5. The summed E-state index contributed by atoms with van der Waals surface area (Å²) in [6.45, 7) is 1.95. The van der Waals surface area contributed by atoms with Crippen molar-refractivity contribution in [2.24, 2.45) is 0 Å². The molecule has 6 nitrogen and oxygen atoms in total. The van der Waals surface area contributed by atoms with Gasteiger partial charge < -0.3 is 23.8 Å². The van der Waals surface area contributed by atoms with Gasteiger partial charge in [-0.1, -0.05) is 6.92 Å². The molecule has 0 aromatic heterocycles. The van der Waals surface area contributed by atoms with Gasteiger partial charge in [-0.3, -0.25) is 4.79 Å². The largest absolute Gasteiger partial charge is 0.495 e. The Morgan fingerprint density at radius 1 is 0.897 bits per heavy atom. The van der Waals surface area contributed by atoms with Crippen molar-refractivity contribution in [2.75, 3.05) is 47.4 Å². The van der Waals surface area contributed by atoms with Gasteiger partial charge in [0, 0.05) is 30.8 Å². The Bertz CT molecular complexity index is 902. The standard InChI is InChI=1S/C23H29NO5/c1-8-15(13-17-10-12-20(27-5)23(29-7)22(17)28-6)21(25)16-9-11-19(26-4)18(14-16)24(2)3/h9-14H,8H2,1-7H3. The molecule has 0 atom stereocenters. The molecule has 0 bridgehead atoms. The first-order chi connectivity index (χ1) is 13.9. The van der Waals surface area contributed by atoms with Crippen molar-refractivity contribution in [1.82, 2.24) is 0 Å². The summed E-state index contributed by atoms with van der Waals surface area (Å²) >= 11 is 0. The quantitative estimate of drug-likeness (QED) is 0.458. The minimum Gasteiger partial charge on any atom is -0.495 e. The first kappa shape index (κ1) is 22.1. The number of anilines is 1. The van der Waals surface area contributed by atoms with Crippen LogP contribution in [0.25, 0.3) is 6.08 Å². The van der Waals surface area contributed by atoms with Gasteiger partial charge in [0.15, 0.2) is 17.3 Å². The zero-order chi connectivity index (χ0) is 21.6. The van der Waals surface area contributed by atoms with Crippen LogP contribution in [-0.4, -0.2) is 48.3 Å². The third-order valence-electron chi connectivity index (χ3n) is 4.66. The summed E-state index contributed by atoms with van der Waals surface area (Å²) < 4.78 is 21.7. The number of hydrogen-bond donors (Lipinski definition) is 0. The van der Waals surface area contributed by atoms with Gasteiger partial charge in [-0.05, 0) is 42.8 Å². The zero-order valence-electron chi connectivity index (χ0n) is 18.2. The van der Waals surface area contributed by atoms with Crippen molar-refractivity contribution in [2.45, 2.75) is 13.3 Å². The van der Waals surface area contributed by atoms with Gasteiger partial charge in [0.1, 0.15) is 5.75 Å². The van der Waals surface area contributed by atoms with Crippen LogP contribution in [0.2, 0.25) is 0 Å². The maximum absolute atomic E-state index is 13.2. The van der Waals surface area contributed by atoms with Crippen LogP contribution < -0.4 is 23.8 Å². The minimum absolute atomic E-state index is 0.0462. The molecule has 6 heteroatoms. The number of carbonyl (C=O) groups excluding carboxylic acids is 1. The molecule has 0 fully saturated rings. The number of carbonyl (C=O) groups is 1. The molecule has 0 saturated heterocycles. The number of methoxy groups -OCH3 is 4. The predicted octanol–water partition coefficient (Wildman–Crippen LogP) is 4.46. The Hall–Kier alpha value is -3.15. The van der Waals surface area contributed by atoms with Crippen molar-refractivity contribution < 1.29 is 23.7 Å². The van der Waals surface area contributed by atoms with Gasteiger partial charge in [0.25, 0.3) is 0 Å². The second kappa shape index (κ2) is 9.87. The topological polar surface area (TPSA) is 57.2 Å². The Kier molecular flexibility index (Phi) is 7.53. The van der Waals surface area contributed by atoms with Gasteiger partial charge in [-0.2, -0.15) is 0 Å². The van der Waals surface area contributed by atoms with E-state index in [1.807, 2.05) is 50.2 Å². The highest BCUT2D eigenvalue weighted by molar-refractivity contribution is 6.12. The fourth-order valence-corrected chi connectivity index (χ4v) is 3.12. The van der Waals surface area contributed by atoms with Gasteiger partial charge in [-0.25, -0.2) is 0 Å². The minimum atomic E-state index is -0.0462. The Labute approximate surface area is 172 Å². The lowest BCUT2D eigenvalue weighted by molar-refractivity contribution is 0.103. The molecule has 0 N–H and O–H groups in total. The van der Waals surface area contributed by atoms with E-state index in [4.69, 9.17) is 18.9 Å². The number of nitrogens with zero attached hydrogens (tertiary/aromatic N) is 1. The van der Waals surface area contributed by atoms with Crippen LogP contribution >= 0.6 is 0 Å². The predicted molar refractivity (Wildman–Crippen MR) is 116 cm³/mol. The summed E-state index contributed by atoms with van der Waals surface area (Å²) in [4.78, 5) is 15.1. The van der Waals surface area contributed by atoms with Gasteiger partial charge in [0.2, 0.25) is 5.75 Å². The summed E-state index contributed by atoms with van der Waals surface area (Å²) in [6.07, 6.45) is 2.41. The maximum atomic E-state index is 13.2. The third kappa shape index (κ3) is 4.65. The fourth-order valence-electron chi connectivity index (χ4n) is 3.12. The molecular weight excluding hydrogens is 370 g/mol. The number of ketones is 1. The molecule has 2 aromatic carbocycles. The normalized spacial score (nSPS) is 11.1. The number of benzene rings is 2. The number of Topliss-reactive ketones (excluding diaryl/α,β-unsaturated/α-hetero) is 1. The summed E-state index contributed by atoms with van der Waals surface area (Å²) in [7, 11) is 10.1. The monoisotopic (exact) mass is 399 g/mol. The van der Waals surface area contributed by atoms with E-state index >= 15 is 0 Å². The molecule has 0 aliphatic heterocycles. The average Bonchev–Trinajstić information content (AvgIpc) is 2.75. The van der Waals surface area contributed by atoms with E-state index in [0.29, 0.717) is 34.8 Å². The molecule has 0 aliphatic rings. The molecule has 0 spiro atoms. The fraction of sp³-hybridized carbons (Fsp3) is 0.348. The van der Waals surface area contributed by atoms with Crippen LogP contribution in [0.15, 0.2) is 35.9 Å². The van der Waals surface area contributed by atoms with Gasteiger partial charge in [-0.15, -0.1) is 0 Å². The molecule has 0 amide bonds. The van der Waals surface area contributed by atoms with E-state index in [0.717, 1.165) is 17.0 Å². The Balaban J connectivity index is 2.53. The lowest BCUT2D eigenvalue weighted by Gasteiger charge is -2.18. The summed E-state index contributed by atoms with van der Waals surface area (Å²) in [6, 6.07) is 9.08. The Morgan fingerprint density at radius 2 is 1.52 bits per heavy atom. The average molecular weight is 399 g/mol. The van der Waals surface area contributed by atoms with Crippen molar-refractivity contribution in [1.29, 1.82) is 0 Å². The van der Waals surface area contributed by atoms with Crippen LogP contribution in [0.4, 0.5) is 5.69 Å². The molecule has 2 rings (SSSR count). The van der Waals surface area contributed by atoms with E-state index in [1.54, 1.807) is 40.6 Å². The second-order valence-electron chi connectivity index (χ2n) is 6.56. The lowest BCUT2D eigenvalue weighted by Crippen LogP contribution is -2.12. The molecule has 0 heterocycles. The van der Waals surface area contributed by atoms with Crippen LogP contribution in [0, 0.1) is 0 Å². The maximum Gasteiger partial charge on any atom is 0.203 e. The number of rotatable bonds is 9. The number of hydrogen-bond acceptors (Lipinski definition) is 6. The number of allylic oxidation sites excluding steroid dienone is 1. The molecule has 0 aliphatic carbocycles. The van der Waals surface area contributed by atoms with E-state index in [-0.39, 0.29) is 5.78 Å². The van der Waals surface area contributed by atoms with Gasteiger partial charge in [0.05, 0.1) is 34.1 Å². The highest BCUT2D eigenvalue weighted by Crippen LogP contribution is 2.41. The van der Waals surface area contributed by atoms with Crippen LogP contribution in [0.5, 0.6) is 23.0 Å². The zero-order valence-corrected chi connectivity index (χ0v) is 18.2. The molecule has 2 aromatic rings. The van der Waals surface area contributed by atoms with Gasteiger partial charge >= 0.3 is 0 Å². The van der Waals surface area contributed by atoms with Crippen molar-refractivity contribution in [3.05, 3.63) is 47.0 Å². The summed E-state index contributed by atoms with van der Waals surface area (Å²) in [5, 5.41) is 0. The molecule has 29 heavy (non-hydrogen) atoms. The van der Waals surface area contributed by atoms with E-state index < -0.39 is 0 Å². The lowest BCUT2D eigenvalue weighted by atomic mass is 9.97. The second-order valence-corrected chi connectivity index (χ2v) is 6.56. The van der Waals surface area contributed by atoms with E-state index in [1.165, 1.54) is 0 Å². The first-order valence-corrected chi connectivity index (χ1v) is 9.31. The van der Waals surface area contributed by atoms with Crippen LogP contribution in [-0.2, 0) is 0 Å². The van der Waals surface area contributed by atoms with Crippen molar-refractivity contribution >= 4 is 17.5 Å². The number of ether oxygens (including phenoxy) is 4. The van der Waals surface area contributed by atoms with Crippen LogP contribution in [0.3, 0.4) is 0 Å². The SMILES string of the molecule is CCC(=Cc1ccc(OC)c(OC)c1OC)C(=O)c1ccc(OC)c(N(C)C)c1. The van der Waals surface area contributed by atoms with E-state index in [2.05, 4.69) is 0 Å². The van der Waals surface area contributed by atoms with Crippen molar-refractivity contribution in [3.63, 3.8) is 0 Å². The summed E-state index contributed by atoms with van der Waals surface area (Å²) in [5.74, 6) is 2.25. The smallest absolute Gasteiger partial charge is 0.203 e. The van der Waals surface area contributed by atoms with Crippen molar-refractivity contribution in [3.8, 4) is 23.0 Å². The van der Waals surface area contributed by atoms with Crippen LogP contribution in [0.1, 0.15) is 29.3 Å². The highest BCUT2D eigenvalue weighted by Gasteiger charge is 2.18. The summed E-state index contributed by atoms with van der Waals surface area (Å²) in [5.41, 5.74) is 2.85. The highest BCUT2D eigenvalue weighted by atomic mass is 16.5. The Morgan fingerprint density at radius 3 is 2.03 bits per heavy atom. The molecule has 0 unspecified atom stereocenters. The molecule has 0 radical (unpaired) electrons. The third-order valence-corrected chi connectivity index (χ3v) is 4.66. The molecule has 156 valence electrons. The molecule has 0 saturated carbocycles. The van der Waals surface area contributed by atoms with E-state index in [9.17, 15) is 4.79 Å². The first-order valence-electron chi connectivity index (χ1n) is 9.31.